The molecule has 0 aliphatic carbocycles. The lowest BCUT2D eigenvalue weighted by Crippen LogP contribution is -2.36. The molecule has 1 fully saturated rings. The van der Waals surface area contributed by atoms with Crippen molar-refractivity contribution in [1.29, 1.82) is 0 Å². The quantitative estimate of drug-likeness (QED) is 0.868. The number of phenolic OH excluding ortho intramolecular Hbond substituents is 1. The number of ketones is 1. The Morgan fingerprint density at radius 2 is 2.26 bits per heavy atom. The van der Waals surface area contributed by atoms with Crippen molar-refractivity contribution in [2.45, 2.75) is 19.8 Å². The van der Waals surface area contributed by atoms with Crippen molar-refractivity contribution in [2.75, 3.05) is 19.6 Å². The number of phenols is 1. The summed E-state index contributed by atoms with van der Waals surface area (Å²) in [4.78, 5) is 14.3. The highest BCUT2D eigenvalue weighted by molar-refractivity contribution is 9.10. The molecule has 1 aromatic carbocycles. The van der Waals surface area contributed by atoms with Crippen LogP contribution in [0.25, 0.3) is 6.08 Å². The number of benzene rings is 1. The zero-order valence-corrected chi connectivity index (χ0v) is 12.6. The highest BCUT2D eigenvalue weighted by Gasteiger charge is 2.20. The third kappa shape index (κ3) is 3.67. The van der Waals surface area contributed by atoms with Gasteiger partial charge in [0.15, 0.2) is 5.78 Å². The van der Waals surface area contributed by atoms with Gasteiger partial charge in [0, 0.05) is 25.1 Å². The van der Waals surface area contributed by atoms with Crippen LogP contribution in [0.4, 0.5) is 0 Å². The Morgan fingerprint density at radius 3 is 2.95 bits per heavy atom. The van der Waals surface area contributed by atoms with Crippen molar-refractivity contribution >= 4 is 27.8 Å². The Bertz CT molecular complexity index is 511. The summed E-state index contributed by atoms with van der Waals surface area (Å²) < 4.78 is 0.649. The van der Waals surface area contributed by atoms with Crippen molar-refractivity contribution in [1.82, 2.24) is 4.90 Å². The van der Waals surface area contributed by atoms with Gasteiger partial charge in [-0.1, -0.05) is 13.0 Å². The first-order valence-corrected chi connectivity index (χ1v) is 7.34. The number of rotatable bonds is 3. The molecule has 0 atom stereocenters. The van der Waals surface area contributed by atoms with E-state index in [1.54, 1.807) is 6.07 Å². The van der Waals surface area contributed by atoms with Crippen molar-refractivity contribution in [3.8, 4) is 5.75 Å². The van der Waals surface area contributed by atoms with Gasteiger partial charge in [0.05, 0.1) is 4.47 Å². The fraction of sp³-hybridized carbons (Fsp3) is 0.400. The molecule has 2 rings (SSSR count). The molecule has 0 aromatic heterocycles. The Hall–Kier alpha value is -1.13. The average molecular weight is 324 g/mol. The van der Waals surface area contributed by atoms with Gasteiger partial charge < -0.3 is 5.11 Å². The Morgan fingerprint density at radius 1 is 1.47 bits per heavy atom. The van der Waals surface area contributed by atoms with Crippen LogP contribution >= 0.6 is 15.9 Å². The standard InChI is InChI=1S/C15H18BrNO2/c1-2-6-17-7-5-14(18)12(10-17)8-11-3-4-15(19)13(16)9-11/h3-4,8-9,19H,2,5-7,10H2,1H3/b12-8+. The molecule has 1 aliphatic heterocycles. The van der Waals surface area contributed by atoms with Gasteiger partial charge in [0.1, 0.15) is 5.75 Å². The average Bonchev–Trinajstić information content (AvgIpc) is 2.38. The smallest absolute Gasteiger partial charge is 0.161 e. The second kappa shape index (κ2) is 6.35. The lowest BCUT2D eigenvalue weighted by atomic mass is 10.00. The first-order chi connectivity index (χ1) is 9.10. The van der Waals surface area contributed by atoms with Gasteiger partial charge in [0.2, 0.25) is 0 Å². The molecule has 0 unspecified atom stereocenters. The third-order valence-electron chi connectivity index (χ3n) is 3.26. The van der Waals surface area contributed by atoms with Crippen molar-refractivity contribution in [3.05, 3.63) is 33.8 Å². The molecule has 0 saturated carbocycles. The lowest BCUT2D eigenvalue weighted by Gasteiger charge is -2.27. The van der Waals surface area contributed by atoms with E-state index in [4.69, 9.17) is 0 Å². The van der Waals surface area contributed by atoms with Gasteiger partial charge >= 0.3 is 0 Å². The maximum Gasteiger partial charge on any atom is 0.161 e. The molecule has 0 bridgehead atoms. The Balaban J connectivity index is 2.19. The predicted molar refractivity (Wildman–Crippen MR) is 80.1 cm³/mol. The maximum absolute atomic E-state index is 11.9. The number of hydrogen-bond acceptors (Lipinski definition) is 3. The van der Waals surface area contributed by atoms with Crippen molar-refractivity contribution in [3.63, 3.8) is 0 Å². The van der Waals surface area contributed by atoms with E-state index in [-0.39, 0.29) is 11.5 Å². The first-order valence-electron chi connectivity index (χ1n) is 6.54. The zero-order valence-electron chi connectivity index (χ0n) is 11.0. The van der Waals surface area contributed by atoms with Crippen molar-refractivity contribution < 1.29 is 9.90 Å². The number of hydrogen-bond donors (Lipinski definition) is 1. The normalized spacial score (nSPS) is 19.1. The van der Waals surface area contributed by atoms with E-state index < -0.39 is 0 Å². The van der Waals surface area contributed by atoms with E-state index in [0.717, 1.165) is 37.2 Å². The SMILES string of the molecule is CCCN1CCC(=O)/C(=C/c2ccc(O)c(Br)c2)C1. The van der Waals surface area contributed by atoms with Gasteiger partial charge in [-0.15, -0.1) is 0 Å². The van der Waals surface area contributed by atoms with Crippen LogP contribution in [0.3, 0.4) is 0 Å². The van der Waals surface area contributed by atoms with Crippen LogP contribution in [0.2, 0.25) is 0 Å². The zero-order chi connectivity index (χ0) is 13.8. The lowest BCUT2D eigenvalue weighted by molar-refractivity contribution is -0.117. The van der Waals surface area contributed by atoms with Crippen LogP contribution in [0.5, 0.6) is 5.75 Å². The molecule has 3 nitrogen and oxygen atoms in total. The summed E-state index contributed by atoms with van der Waals surface area (Å²) in [5.74, 6) is 0.446. The second-order valence-corrected chi connectivity index (χ2v) is 5.68. The van der Waals surface area contributed by atoms with Crippen LogP contribution in [0.1, 0.15) is 25.3 Å². The minimum absolute atomic E-state index is 0.213. The van der Waals surface area contributed by atoms with Crippen LogP contribution in [0.15, 0.2) is 28.2 Å². The number of Topliss-reactive ketones (excluding diaryl/α,β-unsaturated/α-hetero) is 1. The highest BCUT2D eigenvalue weighted by Crippen LogP contribution is 2.26. The van der Waals surface area contributed by atoms with Crippen molar-refractivity contribution in [2.24, 2.45) is 0 Å². The molecular formula is C15H18BrNO2. The van der Waals surface area contributed by atoms with Crippen LogP contribution < -0.4 is 0 Å². The highest BCUT2D eigenvalue weighted by atomic mass is 79.9. The molecule has 102 valence electrons. The van der Waals surface area contributed by atoms with Gasteiger partial charge in [-0.25, -0.2) is 0 Å². The molecule has 0 amide bonds. The minimum atomic E-state index is 0.213. The van der Waals surface area contributed by atoms with Crippen LogP contribution in [0, 0.1) is 0 Å². The Labute approximate surface area is 122 Å². The Kier molecular flexibility index (Phi) is 4.77. The van der Waals surface area contributed by atoms with E-state index in [1.165, 1.54) is 0 Å². The minimum Gasteiger partial charge on any atom is -0.507 e. The van der Waals surface area contributed by atoms with Gasteiger partial charge in [-0.3, -0.25) is 9.69 Å². The van der Waals surface area contributed by atoms with Crippen LogP contribution in [-0.4, -0.2) is 35.4 Å². The third-order valence-corrected chi connectivity index (χ3v) is 3.89. The summed E-state index contributed by atoms with van der Waals surface area (Å²) in [6.45, 7) is 4.77. The van der Waals surface area contributed by atoms with E-state index >= 15 is 0 Å². The van der Waals surface area contributed by atoms with E-state index in [0.29, 0.717) is 10.9 Å². The molecule has 1 saturated heterocycles. The summed E-state index contributed by atoms with van der Waals surface area (Å²) in [6.07, 6.45) is 3.63. The monoisotopic (exact) mass is 323 g/mol. The number of nitrogens with zero attached hydrogens (tertiary/aromatic N) is 1. The molecule has 4 heteroatoms. The summed E-state index contributed by atoms with van der Waals surface area (Å²) >= 11 is 3.29. The van der Waals surface area contributed by atoms with Gasteiger partial charge in [0.25, 0.3) is 0 Å². The number of halogens is 1. The largest absolute Gasteiger partial charge is 0.507 e. The number of piperidine rings is 1. The van der Waals surface area contributed by atoms with Gasteiger partial charge in [-0.05, 0) is 52.7 Å². The number of carbonyl (C=O) groups is 1. The fourth-order valence-corrected chi connectivity index (χ4v) is 2.67. The molecule has 1 aromatic rings. The van der Waals surface area contributed by atoms with E-state index in [9.17, 15) is 9.90 Å². The fourth-order valence-electron chi connectivity index (χ4n) is 2.28. The van der Waals surface area contributed by atoms with Crippen LogP contribution in [-0.2, 0) is 4.79 Å². The predicted octanol–water partition coefficient (Wildman–Crippen LogP) is 3.22. The topological polar surface area (TPSA) is 40.5 Å². The molecule has 0 radical (unpaired) electrons. The summed E-state index contributed by atoms with van der Waals surface area (Å²) in [5, 5.41) is 9.47. The summed E-state index contributed by atoms with van der Waals surface area (Å²) in [7, 11) is 0. The van der Waals surface area contributed by atoms with E-state index in [1.807, 2.05) is 18.2 Å². The maximum atomic E-state index is 11.9. The molecule has 1 aliphatic rings. The molecule has 1 heterocycles. The second-order valence-electron chi connectivity index (χ2n) is 4.83. The van der Waals surface area contributed by atoms with E-state index in [2.05, 4.69) is 27.8 Å². The van der Waals surface area contributed by atoms with Gasteiger partial charge in [-0.2, -0.15) is 0 Å². The number of aromatic hydroxyl groups is 1. The summed E-state index contributed by atoms with van der Waals surface area (Å²) in [6, 6.07) is 5.28. The first kappa shape index (κ1) is 14.3. The number of carbonyl (C=O) groups excluding carboxylic acids is 1. The number of likely N-dealkylation sites (tertiary alicyclic amines) is 1. The summed E-state index contributed by atoms with van der Waals surface area (Å²) in [5.41, 5.74) is 1.80. The molecule has 19 heavy (non-hydrogen) atoms. The molecular weight excluding hydrogens is 306 g/mol. The molecule has 0 spiro atoms. The molecule has 1 N–H and O–H groups in total.